The van der Waals surface area contributed by atoms with Crippen molar-refractivity contribution >= 4 is 5.97 Å². The van der Waals surface area contributed by atoms with E-state index in [1.165, 1.54) is 51.4 Å². The molecule has 2 atom stereocenters. The number of unbranched alkanes of at least 4 members (excludes halogenated alkanes) is 13. The molecule has 0 aliphatic heterocycles. The van der Waals surface area contributed by atoms with Crippen LogP contribution in [0, 0.1) is 0 Å². The van der Waals surface area contributed by atoms with E-state index in [9.17, 15) is 15.0 Å². The summed E-state index contributed by atoms with van der Waals surface area (Å²) in [5, 5.41) is 28.6. The summed E-state index contributed by atoms with van der Waals surface area (Å²) in [6, 6.07) is 0. The lowest BCUT2D eigenvalue weighted by molar-refractivity contribution is -0.137. The van der Waals surface area contributed by atoms with Crippen molar-refractivity contribution in [1.29, 1.82) is 0 Å². The summed E-state index contributed by atoms with van der Waals surface area (Å²) in [4.78, 5) is 10.4. The van der Waals surface area contributed by atoms with Gasteiger partial charge in [0.15, 0.2) is 0 Å². The SMILES string of the molecule is CCCCCCCCCCCC(O)CC(O)/C=C/CCCCCCCC(=O)O. The zero-order valence-electron chi connectivity index (χ0n) is 18.3. The summed E-state index contributed by atoms with van der Waals surface area (Å²) in [5.74, 6) is -0.711. The van der Waals surface area contributed by atoms with Crippen LogP contribution in [0.3, 0.4) is 0 Å². The van der Waals surface area contributed by atoms with Gasteiger partial charge >= 0.3 is 5.97 Å². The van der Waals surface area contributed by atoms with Gasteiger partial charge in [0.25, 0.3) is 0 Å². The predicted octanol–water partition coefficient (Wildman–Crippen LogP) is 6.39. The van der Waals surface area contributed by atoms with E-state index in [1.54, 1.807) is 0 Å². The molecule has 166 valence electrons. The number of aliphatic hydroxyl groups excluding tert-OH is 2. The highest BCUT2D eigenvalue weighted by Crippen LogP contribution is 2.14. The summed E-state index contributed by atoms with van der Waals surface area (Å²) in [7, 11) is 0. The zero-order chi connectivity index (χ0) is 20.9. The molecule has 0 saturated carbocycles. The summed E-state index contributed by atoms with van der Waals surface area (Å²) >= 11 is 0. The van der Waals surface area contributed by atoms with Gasteiger partial charge in [-0.05, 0) is 25.7 Å². The Balaban J connectivity index is 3.43. The molecule has 0 fully saturated rings. The molecule has 4 nitrogen and oxygen atoms in total. The Kier molecular flexibility index (Phi) is 20.2. The lowest BCUT2D eigenvalue weighted by atomic mass is 10.0. The number of aliphatic hydroxyl groups is 2. The molecule has 0 spiro atoms. The Labute approximate surface area is 173 Å². The number of carbonyl (C=O) groups is 1. The van der Waals surface area contributed by atoms with Crippen molar-refractivity contribution in [2.24, 2.45) is 0 Å². The van der Waals surface area contributed by atoms with Crippen molar-refractivity contribution in [3.05, 3.63) is 12.2 Å². The fraction of sp³-hybridized carbons (Fsp3) is 0.875. The van der Waals surface area contributed by atoms with Crippen molar-refractivity contribution in [1.82, 2.24) is 0 Å². The molecule has 4 heteroatoms. The topological polar surface area (TPSA) is 77.8 Å². The van der Waals surface area contributed by atoms with E-state index < -0.39 is 18.2 Å². The van der Waals surface area contributed by atoms with Crippen LogP contribution >= 0.6 is 0 Å². The average Bonchev–Trinajstić information content (AvgIpc) is 2.65. The van der Waals surface area contributed by atoms with Gasteiger partial charge in [-0.25, -0.2) is 0 Å². The van der Waals surface area contributed by atoms with E-state index in [-0.39, 0.29) is 6.42 Å². The molecule has 0 aromatic carbocycles. The number of carboxylic acid groups (broad SMARTS) is 1. The van der Waals surface area contributed by atoms with Crippen LogP contribution in [-0.2, 0) is 4.79 Å². The Bertz CT molecular complexity index is 368. The standard InChI is InChI=1S/C24H46O4/c1-2-3-4-5-6-7-9-12-15-18-22(25)21-23(26)19-16-13-10-8-11-14-17-20-24(27)28/h16,19,22-23,25-26H,2-15,17-18,20-21H2,1H3,(H,27,28)/b19-16+. The second-order valence-electron chi connectivity index (χ2n) is 8.20. The lowest BCUT2D eigenvalue weighted by Gasteiger charge is -2.13. The number of aliphatic carboxylic acids is 1. The van der Waals surface area contributed by atoms with Crippen molar-refractivity contribution < 1.29 is 20.1 Å². The van der Waals surface area contributed by atoms with Crippen LogP contribution < -0.4 is 0 Å². The number of allylic oxidation sites excluding steroid dienone is 1. The number of carboxylic acids is 1. The molecular formula is C24H46O4. The molecule has 0 amide bonds. The lowest BCUT2D eigenvalue weighted by Crippen LogP contribution is -2.15. The molecule has 0 aromatic rings. The third kappa shape index (κ3) is 21.4. The smallest absolute Gasteiger partial charge is 0.303 e. The highest BCUT2D eigenvalue weighted by atomic mass is 16.4. The summed E-state index contributed by atoms with van der Waals surface area (Å²) in [6.45, 7) is 2.24. The number of rotatable bonds is 21. The summed E-state index contributed by atoms with van der Waals surface area (Å²) < 4.78 is 0. The highest BCUT2D eigenvalue weighted by molar-refractivity contribution is 5.66. The largest absolute Gasteiger partial charge is 0.481 e. The van der Waals surface area contributed by atoms with Gasteiger partial charge in [0.1, 0.15) is 0 Å². The molecule has 0 radical (unpaired) electrons. The molecule has 2 unspecified atom stereocenters. The third-order valence-corrected chi connectivity index (χ3v) is 5.27. The van der Waals surface area contributed by atoms with Crippen LogP contribution in [-0.4, -0.2) is 33.5 Å². The van der Waals surface area contributed by atoms with E-state index >= 15 is 0 Å². The molecule has 0 aliphatic carbocycles. The van der Waals surface area contributed by atoms with Gasteiger partial charge in [-0.1, -0.05) is 96.1 Å². The van der Waals surface area contributed by atoms with Gasteiger partial charge in [0.2, 0.25) is 0 Å². The molecule has 28 heavy (non-hydrogen) atoms. The summed E-state index contributed by atoms with van der Waals surface area (Å²) in [6.07, 6.45) is 21.8. The van der Waals surface area contributed by atoms with Crippen molar-refractivity contribution in [2.45, 2.75) is 135 Å². The van der Waals surface area contributed by atoms with Crippen molar-refractivity contribution in [3.8, 4) is 0 Å². The van der Waals surface area contributed by atoms with Crippen LogP contribution in [0.25, 0.3) is 0 Å². The maximum atomic E-state index is 10.4. The minimum absolute atomic E-state index is 0.271. The number of hydrogen-bond donors (Lipinski definition) is 3. The molecule has 0 rings (SSSR count). The first-order valence-electron chi connectivity index (χ1n) is 11.8. The molecule has 0 aromatic heterocycles. The Morgan fingerprint density at radius 1 is 0.786 bits per heavy atom. The van der Waals surface area contributed by atoms with E-state index in [0.717, 1.165) is 51.4 Å². The molecule has 0 heterocycles. The van der Waals surface area contributed by atoms with E-state index in [1.807, 2.05) is 12.2 Å². The average molecular weight is 399 g/mol. The minimum atomic E-state index is -0.711. The zero-order valence-corrected chi connectivity index (χ0v) is 18.3. The maximum absolute atomic E-state index is 10.4. The van der Waals surface area contributed by atoms with Crippen molar-refractivity contribution in [2.75, 3.05) is 0 Å². The van der Waals surface area contributed by atoms with Crippen LogP contribution in [0.1, 0.15) is 122 Å². The molecule has 0 bridgehead atoms. The van der Waals surface area contributed by atoms with Gasteiger partial charge in [0.05, 0.1) is 12.2 Å². The van der Waals surface area contributed by atoms with Gasteiger partial charge in [-0.15, -0.1) is 0 Å². The van der Waals surface area contributed by atoms with Crippen LogP contribution in [0.15, 0.2) is 12.2 Å². The fourth-order valence-corrected chi connectivity index (χ4v) is 3.49. The van der Waals surface area contributed by atoms with E-state index in [0.29, 0.717) is 6.42 Å². The Morgan fingerprint density at radius 2 is 1.32 bits per heavy atom. The molecule has 3 N–H and O–H groups in total. The highest BCUT2D eigenvalue weighted by Gasteiger charge is 2.09. The third-order valence-electron chi connectivity index (χ3n) is 5.27. The molecule has 0 saturated heterocycles. The van der Waals surface area contributed by atoms with Crippen molar-refractivity contribution in [3.63, 3.8) is 0 Å². The second-order valence-corrected chi connectivity index (χ2v) is 8.20. The fourth-order valence-electron chi connectivity index (χ4n) is 3.49. The predicted molar refractivity (Wildman–Crippen MR) is 118 cm³/mol. The minimum Gasteiger partial charge on any atom is -0.481 e. The van der Waals surface area contributed by atoms with Gasteiger partial charge in [-0.3, -0.25) is 4.79 Å². The van der Waals surface area contributed by atoms with Gasteiger partial charge in [0, 0.05) is 12.8 Å². The van der Waals surface area contributed by atoms with E-state index in [2.05, 4.69) is 6.92 Å². The molecule has 0 aliphatic rings. The van der Waals surface area contributed by atoms with Gasteiger partial charge < -0.3 is 15.3 Å². The first-order valence-corrected chi connectivity index (χ1v) is 11.8. The first-order chi connectivity index (χ1) is 13.6. The Hall–Kier alpha value is -0.870. The Morgan fingerprint density at radius 3 is 1.93 bits per heavy atom. The quantitative estimate of drug-likeness (QED) is 0.155. The second kappa shape index (κ2) is 20.9. The van der Waals surface area contributed by atoms with Crippen LogP contribution in [0.5, 0.6) is 0 Å². The van der Waals surface area contributed by atoms with Crippen LogP contribution in [0.4, 0.5) is 0 Å². The normalized spacial score (nSPS) is 13.8. The molecular weight excluding hydrogens is 352 g/mol. The van der Waals surface area contributed by atoms with Gasteiger partial charge in [-0.2, -0.15) is 0 Å². The van der Waals surface area contributed by atoms with Crippen LogP contribution in [0.2, 0.25) is 0 Å². The monoisotopic (exact) mass is 398 g/mol. The summed E-state index contributed by atoms with van der Waals surface area (Å²) in [5.41, 5.74) is 0. The first kappa shape index (κ1) is 27.1. The van der Waals surface area contributed by atoms with E-state index in [4.69, 9.17) is 5.11 Å². The number of hydrogen-bond acceptors (Lipinski definition) is 3. The maximum Gasteiger partial charge on any atom is 0.303 e.